The summed E-state index contributed by atoms with van der Waals surface area (Å²) in [6, 6.07) is 23.2. The fourth-order valence-corrected chi connectivity index (χ4v) is 3.81. The average molecular weight is 440 g/mol. The number of nitrogens with zero attached hydrogens (tertiary/aromatic N) is 2. The molecule has 0 aliphatic rings. The molecule has 3 aromatic carbocycles. The molecule has 1 heterocycles. The molecule has 0 saturated carbocycles. The van der Waals surface area contributed by atoms with Crippen LogP contribution in [0.25, 0.3) is 28.2 Å². The van der Waals surface area contributed by atoms with Gasteiger partial charge in [0, 0.05) is 16.1 Å². The molecule has 0 amide bonds. The predicted octanol–water partition coefficient (Wildman–Crippen LogP) is 4.52. The van der Waals surface area contributed by atoms with Crippen molar-refractivity contribution in [3.63, 3.8) is 0 Å². The first-order valence-electron chi connectivity index (χ1n) is 8.99. The average Bonchev–Trinajstić information content (AvgIpc) is 3.19. The molecule has 0 spiro atoms. The Morgan fingerprint density at radius 2 is 1.63 bits per heavy atom. The lowest BCUT2D eigenvalue weighted by atomic mass is 10.1. The summed E-state index contributed by atoms with van der Waals surface area (Å²) in [6.45, 7) is 0. The summed E-state index contributed by atoms with van der Waals surface area (Å²) in [7, 11) is -2.17. The van der Waals surface area contributed by atoms with Gasteiger partial charge in [0.05, 0.1) is 29.1 Å². The topological polar surface area (TPSA) is 87.2 Å². The van der Waals surface area contributed by atoms with Gasteiger partial charge >= 0.3 is 0 Å². The van der Waals surface area contributed by atoms with E-state index in [2.05, 4.69) is 0 Å². The minimum atomic E-state index is -3.78. The van der Waals surface area contributed by atoms with Crippen LogP contribution in [-0.4, -0.2) is 25.3 Å². The number of methoxy groups -OCH3 is 1. The van der Waals surface area contributed by atoms with E-state index < -0.39 is 10.0 Å². The third kappa shape index (κ3) is 3.95. The van der Waals surface area contributed by atoms with Crippen molar-refractivity contribution in [2.45, 2.75) is 4.90 Å². The molecule has 0 saturated heterocycles. The quantitative estimate of drug-likeness (QED) is 0.495. The van der Waals surface area contributed by atoms with E-state index in [4.69, 9.17) is 26.6 Å². The highest BCUT2D eigenvalue weighted by Gasteiger charge is 2.17. The number of benzene rings is 3. The van der Waals surface area contributed by atoms with Crippen LogP contribution in [0.15, 0.2) is 83.8 Å². The first-order valence-corrected chi connectivity index (χ1v) is 10.9. The maximum Gasteiger partial charge on any atom is 0.238 e. The predicted molar refractivity (Wildman–Crippen MR) is 117 cm³/mol. The maximum atomic E-state index is 11.6. The lowest BCUT2D eigenvalue weighted by Crippen LogP contribution is -2.12. The number of rotatable bonds is 5. The highest BCUT2D eigenvalue weighted by molar-refractivity contribution is 7.89. The molecular formula is C22H18ClN3O3S. The summed E-state index contributed by atoms with van der Waals surface area (Å²) in [4.78, 5) is 0.0372. The lowest BCUT2D eigenvalue weighted by molar-refractivity contribution is 0.416. The first-order chi connectivity index (χ1) is 14.4. The molecule has 152 valence electrons. The zero-order valence-electron chi connectivity index (χ0n) is 16.0. The number of aromatic nitrogens is 2. The third-order valence-electron chi connectivity index (χ3n) is 4.64. The Labute approximate surface area is 179 Å². The minimum Gasteiger partial charge on any atom is -0.496 e. The van der Waals surface area contributed by atoms with Crippen LogP contribution in [0.3, 0.4) is 0 Å². The van der Waals surface area contributed by atoms with E-state index in [1.165, 1.54) is 12.1 Å². The van der Waals surface area contributed by atoms with Gasteiger partial charge in [-0.05, 0) is 54.6 Å². The zero-order valence-corrected chi connectivity index (χ0v) is 17.6. The van der Waals surface area contributed by atoms with Crippen molar-refractivity contribution in [1.29, 1.82) is 0 Å². The SMILES string of the molecule is COc1ccccc1-c1cc(-c2ccc(Cl)cc2)nn1-c1ccc(S(N)(=O)=O)cc1. The van der Waals surface area contributed by atoms with Crippen LogP contribution in [0.5, 0.6) is 5.75 Å². The number of para-hydroxylation sites is 1. The van der Waals surface area contributed by atoms with Crippen LogP contribution in [0.1, 0.15) is 0 Å². The Hall–Kier alpha value is -3.13. The number of hydrogen-bond donors (Lipinski definition) is 1. The first kappa shape index (κ1) is 20.2. The van der Waals surface area contributed by atoms with Crippen LogP contribution >= 0.6 is 11.6 Å². The van der Waals surface area contributed by atoms with Gasteiger partial charge in [-0.2, -0.15) is 5.10 Å². The summed E-state index contributed by atoms with van der Waals surface area (Å²) < 4.78 is 30.5. The number of nitrogens with two attached hydrogens (primary N) is 1. The van der Waals surface area contributed by atoms with Crippen molar-refractivity contribution in [1.82, 2.24) is 9.78 Å². The van der Waals surface area contributed by atoms with Crippen LogP contribution in [-0.2, 0) is 10.0 Å². The summed E-state index contributed by atoms with van der Waals surface area (Å²) in [5.74, 6) is 0.697. The second-order valence-electron chi connectivity index (χ2n) is 6.57. The van der Waals surface area contributed by atoms with E-state index in [1.54, 1.807) is 36.1 Å². The van der Waals surface area contributed by atoms with Crippen molar-refractivity contribution < 1.29 is 13.2 Å². The molecule has 0 radical (unpaired) electrons. The van der Waals surface area contributed by atoms with Gasteiger partial charge in [0.15, 0.2) is 0 Å². The molecule has 0 bridgehead atoms. The van der Waals surface area contributed by atoms with E-state index in [1.807, 2.05) is 42.5 Å². The number of ether oxygens (including phenoxy) is 1. The van der Waals surface area contributed by atoms with Crippen molar-refractivity contribution >= 4 is 21.6 Å². The fraction of sp³-hybridized carbons (Fsp3) is 0.0455. The number of halogens is 1. The third-order valence-corrected chi connectivity index (χ3v) is 5.82. The van der Waals surface area contributed by atoms with E-state index in [9.17, 15) is 8.42 Å². The second-order valence-corrected chi connectivity index (χ2v) is 8.57. The molecule has 0 aliphatic heterocycles. The largest absolute Gasteiger partial charge is 0.496 e. The van der Waals surface area contributed by atoms with Gasteiger partial charge in [0.2, 0.25) is 10.0 Å². The minimum absolute atomic E-state index is 0.0372. The molecular weight excluding hydrogens is 422 g/mol. The van der Waals surface area contributed by atoms with Crippen LogP contribution in [0.2, 0.25) is 5.02 Å². The van der Waals surface area contributed by atoms with Crippen molar-refractivity contribution in [3.8, 4) is 34.0 Å². The summed E-state index contributed by atoms with van der Waals surface area (Å²) in [5, 5.41) is 10.6. The van der Waals surface area contributed by atoms with E-state index in [0.29, 0.717) is 16.5 Å². The van der Waals surface area contributed by atoms with Crippen LogP contribution in [0.4, 0.5) is 0 Å². The van der Waals surface area contributed by atoms with Crippen LogP contribution in [0, 0.1) is 0 Å². The number of sulfonamides is 1. The van der Waals surface area contributed by atoms with Gasteiger partial charge in [-0.15, -0.1) is 0 Å². The Morgan fingerprint density at radius 3 is 2.27 bits per heavy atom. The Morgan fingerprint density at radius 1 is 0.967 bits per heavy atom. The summed E-state index contributed by atoms with van der Waals surface area (Å²) in [5.41, 5.74) is 3.96. The lowest BCUT2D eigenvalue weighted by Gasteiger charge is -2.11. The second kappa shape index (κ2) is 7.95. The van der Waals surface area contributed by atoms with E-state index >= 15 is 0 Å². The summed E-state index contributed by atoms with van der Waals surface area (Å²) >= 11 is 6.02. The molecule has 0 atom stereocenters. The van der Waals surface area contributed by atoms with Gasteiger partial charge in [-0.25, -0.2) is 18.2 Å². The smallest absolute Gasteiger partial charge is 0.238 e. The van der Waals surface area contributed by atoms with Crippen molar-refractivity contribution in [2.75, 3.05) is 7.11 Å². The number of primary sulfonamides is 1. The molecule has 4 aromatic rings. The van der Waals surface area contributed by atoms with E-state index in [0.717, 1.165) is 22.5 Å². The Kier molecular flexibility index (Phi) is 5.34. The Bertz CT molecular complexity index is 1300. The zero-order chi connectivity index (χ0) is 21.3. The molecule has 0 unspecified atom stereocenters. The van der Waals surface area contributed by atoms with Gasteiger partial charge < -0.3 is 4.74 Å². The Balaban J connectivity index is 1.90. The van der Waals surface area contributed by atoms with Gasteiger partial charge in [0.25, 0.3) is 0 Å². The number of hydrogen-bond acceptors (Lipinski definition) is 4. The standard InChI is InChI=1S/C22H18ClN3O3S/c1-29-22-5-3-2-4-19(22)21-14-20(15-6-8-16(23)9-7-15)25-26(21)17-10-12-18(13-11-17)30(24,27)28/h2-14H,1H3,(H2,24,27,28). The molecule has 6 nitrogen and oxygen atoms in total. The summed E-state index contributed by atoms with van der Waals surface area (Å²) in [6.07, 6.45) is 0. The molecule has 8 heteroatoms. The molecule has 0 aliphatic carbocycles. The molecule has 2 N–H and O–H groups in total. The molecule has 0 fully saturated rings. The van der Waals surface area contributed by atoms with Gasteiger partial charge in [-0.3, -0.25) is 0 Å². The van der Waals surface area contributed by atoms with Crippen molar-refractivity contribution in [3.05, 3.63) is 83.9 Å². The maximum absolute atomic E-state index is 11.6. The highest BCUT2D eigenvalue weighted by atomic mass is 35.5. The van der Waals surface area contributed by atoms with E-state index in [-0.39, 0.29) is 4.90 Å². The van der Waals surface area contributed by atoms with Gasteiger partial charge in [0.1, 0.15) is 5.75 Å². The van der Waals surface area contributed by atoms with Gasteiger partial charge in [-0.1, -0.05) is 35.9 Å². The van der Waals surface area contributed by atoms with Crippen molar-refractivity contribution in [2.24, 2.45) is 5.14 Å². The monoisotopic (exact) mass is 439 g/mol. The molecule has 4 rings (SSSR count). The molecule has 1 aromatic heterocycles. The normalized spacial score (nSPS) is 11.4. The molecule has 30 heavy (non-hydrogen) atoms. The fourth-order valence-electron chi connectivity index (χ4n) is 3.16. The highest BCUT2D eigenvalue weighted by Crippen LogP contribution is 2.34. The van der Waals surface area contributed by atoms with Crippen LogP contribution < -0.4 is 9.88 Å².